The summed E-state index contributed by atoms with van der Waals surface area (Å²) in [4.78, 5) is 22.2. The van der Waals surface area contributed by atoms with Crippen LogP contribution < -0.4 is 4.74 Å². The molecule has 6 nitrogen and oxygen atoms in total. The normalized spacial score (nSPS) is 10.1. The highest BCUT2D eigenvalue weighted by Gasteiger charge is 2.18. The number of aryl methyl sites for hydroxylation is 1. The summed E-state index contributed by atoms with van der Waals surface area (Å²) in [6.45, 7) is 1.86. The van der Waals surface area contributed by atoms with Crippen LogP contribution in [0.25, 0.3) is 0 Å². The highest BCUT2D eigenvalue weighted by Crippen LogP contribution is 2.15. The second kappa shape index (κ2) is 4.70. The molecule has 0 fully saturated rings. The predicted octanol–water partition coefficient (Wildman–Crippen LogP) is 1.90. The highest BCUT2D eigenvalue weighted by molar-refractivity contribution is 5.92. The van der Waals surface area contributed by atoms with Gasteiger partial charge in [0.15, 0.2) is 5.69 Å². The molecule has 0 aliphatic carbocycles. The molecule has 0 unspecified atom stereocenters. The van der Waals surface area contributed by atoms with Crippen molar-refractivity contribution in [2.75, 3.05) is 0 Å². The number of benzene rings is 1. The van der Waals surface area contributed by atoms with Crippen molar-refractivity contribution in [3.63, 3.8) is 0 Å². The zero-order chi connectivity index (χ0) is 13.1. The fourth-order valence-electron chi connectivity index (χ4n) is 1.31. The van der Waals surface area contributed by atoms with Crippen molar-refractivity contribution in [3.8, 4) is 5.75 Å². The van der Waals surface area contributed by atoms with E-state index < -0.39 is 11.9 Å². The minimum Gasteiger partial charge on any atom is -0.476 e. The predicted molar refractivity (Wildman–Crippen MR) is 59.6 cm³/mol. The number of aromatic carboxylic acids is 1. The maximum absolute atomic E-state index is 11.6. The van der Waals surface area contributed by atoms with E-state index in [0.717, 1.165) is 11.6 Å². The van der Waals surface area contributed by atoms with E-state index in [4.69, 9.17) is 9.84 Å². The second-order valence-corrected chi connectivity index (χ2v) is 3.59. The van der Waals surface area contributed by atoms with Gasteiger partial charge in [-0.25, -0.2) is 9.59 Å². The van der Waals surface area contributed by atoms with Gasteiger partial charge in [-0.05, 0) is 24.6 Å². The van der Waals surface area contributed by atoms with Crippen molar-refractivity contribution in [3.05, 3.63) is 47.3 Å². The molecule has 0 aliphatic rings. The van der Waals surface area contributed by atoms with Crippen molar-refractivity contribution in [2.45, 2.75) is 6.92 Å². The van der Waals surface area contributed by atoms with Crippen LogP contribution >= 0.6 is 0 Å². The quantitative estimate of drug-likeness (QED) is 0.658. The maximum atomic E-state index is 11.6. The molecule has 0 radical (unpaired) electrons. The number of rotatable bonds is 3. The lowest BCUT2D eigenvalue weighted by molar-refractivity contribution is 0.0668. The topological polar surface area (TPSA) is 89.6 Å². The number of carboxylic acid groups (broad SMARTS) is 1. The van der Waals surface area contributed by atoms with Crippen LogP contribution in [-0.4, -0.2) is 22.2 Å². The minimum absolute atomic E-state index is 0.256. The van der Waals surface area contributed by atoms with Crippen LogP contribution in [0.1, 0.15) is 26.6 Å². The molecule has 0 amide bonds. The maximum Gasteiger partial charge on any atom is 0.382 e. The molecule has 6 heteroatoms. The van der Waals surface area contributed by atoms with Gasteiger partial charge in [-0.15, -0.1) is 0 Å². The molecular formula is C12H9NO5. The van der Waals surface area contributed by atoms with Crippen LogP contribution in [0.15, 0.2) is 34.9 Å². The monoisotopic (exact) mass is 247 g/mol. The molecule has 18 heavy (non-hydrogen) atoms. The number of carbonyl (C=O) groups excluding carboxylic acids is 1. The first-order valence-corrected chi connectivity index (χ1v) is 5.05. The molecule has 1 N–H and O–H groups in total. The largest absolute Gasteiger partial charge is 0.476 e. The van der Waals surface area contributed by atoms with Gasteiger partial charge in [-0.3, -0.25) is 0 Å². The van der Waals surface area contributed by atoms with Crippen molar-refractivity contribution >= 4 is 11.9 Å². The summed E-state index contributed by atoms with van der Waals surface area (Å²) in [5.74, 6) is -1.96. The lowest BCUT2D eigenvalue weighted by Gasteiger charge is -2.01. The number of carbonyl (C=O) groups is 2. The van der Waals surface area contributed by atoms with Gasteiger partial charge in [0.25, 0.3) is 0 Å². The third-order valence-electron chi connectivity index (χ3n) is 2.13. The van der Waals surface area contributed by atoms with Crippen molar-refractivity contribution in [1.29, 1.82) is 0 Å². The van der Waals surface area contributed by atoms with E-state index in [-0.39, 0.29) is 11.5 Å². The number of carboxylic acids is 1. The molecule has 1 aromatic heterocycles. The van der Waals surface area contributed by atoms with Gasteiger partial charge in [0.1, 0.15) is 5.75 Å². The summed E-state index contributed by atoms with van der Waals surface area (Å²) in [6.07, 6.45) is 0. The van der Waals surface area contributed by atoms with E-state index >= 15 is 0 Å². The van der Waals surface area contributed by atoms with E-state index in [9.17, 15) is 9.59 Å². The fraction of sp³-hybridized carbons (Fsp3) is 0.0833. The van der Waals surface area contributed by atoms with Gasteiger partial charge in [-0.1, -0.05) is 17.3 Å². The number of hydrogen-bond acceptors (Lipinski definition) is 5. The van der Waals surface area contributed by atoms with Crippen molar-refractivity contribution in [1.82, 2.24) is 5.16 Å². The van der Waals surface area contributed by atoms with E-state index in [1.165, 1.54) is 0 Å². The Morgan fingerprint density at radius 1 is 1.33 bits per heavy atom. The summed E-state index contributed by atoms with van der Waals surface area (Å²) >= 11 is 0. The number of aromatic nitrogens is 1. The lowest BCUT2D eigenvalue weighted by Crippen LogP contribution is -2.07. The van der Waals surface area contributed by atoms with Gasteiger partial charge in [0.2, 0.25) is 5.76 Å². The first kappa shape index (κ1) is 11.8. The standard InChI is InChI=1S/C12H9NO5/c1-7-3-2-4-8(5-7)17-12(16)10-6-9(11(14)15)13-18-10/h2-6H,1H3,(H,14,15). The van der Waals surface area contributed by atoms with Crippen LogP contribution in [0.3, 0.4) is 0 Å². The Morgan fingerprint density at radius 3 is 2.72 bits per heavy atom. The number of hydrogen-bond donors (Lipinski definition) is 1. The fourth-order valence-corrected chi connectivity index (χ4v) is 1.31. The summed E-state index contributed by atoms with van der Waals surface area (Å²) in [6, 6.07) is 7.89. The molecule has 1 heterocycles. The molecule has 2 aromatic rings. The average molecular weight is 247 g/mol. The average Bonchev–Trinajstić information content (AvgIpc) is 2.78. The van der Waals surface area contributed by atoms with E-state index in [2.05, 4.69) is 9.68 Å². The SMILES string of the molecule is Cc1cccc(OC(=O)c2cc(C(=O)O)no2)c1. The smallest absolute Gasteiger partial charge is 0.382 e. The van der Waals surface area contributed by atoms with Gasteiger partial charge >= 0.3 is 11.9 Å². The van der Waals surface area contributed by atoms with Crippen molar-refractivity contribution in [2.24, 2.45) is 0 Å². The summed E-state index contributed by atoms with van der Waals surface area (Å²) in [5, 5.41) is 11.9. The molecule has 0 atom stereocenters. The summed E-state index contributed by atoms with van der Waals surface area (Å²) < 4.78 is 9.59. The zero-order valence-electron chi connectivity index (χ0n) is 9.41. The Bertz CT molecular complexity index is 602. The second-order valence-electron chi connectivity index (χ2n) is 3.59. The Balaban J connectivity index is 2.14. The van der Waals surface area contributed by atoms with Crippen LogP contribution in [0.5, 0.6) is 5.75 Å². The van der Waals surface area contributed by atoms with Crippen LogP contribution in [-0.2, 0) is 0 Å². The van der Waals surface area contributed by atoms with Gasteiger partial charge in [-0.2, -0.15) is 0 Å². The first-order valence-electron chi connectivity index (χ1n) is 5.05. The minimum atomic E-state index is -1.27. The van der Waals surface area contributed by atoms with Crippen LogP contribution in [0.2, 0.25) is 0 Å². The molecule has 0 saturated heterocycles. The van der Waals surface area contributed by atoms with Crippen LogP contribution in [0.4, 0.5) is 0 Å². The van der Waals surface area contributed by atoms with Gasteiger partial charge < -0.3 is 14.4 Å². The Kier molecular flexibility index (Phi) is 3.09. The molecule has 0 aliphatic heterocycles. The summed E-state index contributed by atoms with van der Waals surface area (Å²) in [7, 11) is 0. The summed E-state index contributed by atoms with van der Waals surface area (Å²) in [5.41, 5.74) is 0.593. The van der Waals surface area contributed by atoms with E-state index in [1.807, 2.05) is 13.0 Å². The number of nitrogens with zero attached hydrogens (tertiary/aromatic N) is 1. The zero-order valence-corrected chi connectivity index (χ0v) is 9.41. The third kappa shape index (κ3) is 2.54. The van der Waals surface area contributed by atoms with Gasteiger partial charge in [0, 0.05) is 6.07 Å². The van der Waals surface area contributed by atoms with E-state index in [1.54, 1.807) is 18.2 Å². The third-order valence-corrected chi connectivity index (χ3v) is 2.13. The van der Waals surface area contributed by atoms with E-state index in [0.29, 0.717) is 5.75 Å². The molecule has 0 saturated carbocycles. The number of ether oxygens (including phenoxy) is 1. The lowest BCUT2D eigenvalue weighted by atomic mass is 10.2. The molecule has 0 spiro atoms. The van der Waals surface area contributed by atoms with Crippen LogP contribution in [0, 0.1) is 6.92 Å². The van der Waals surface area contributed by atoms with Crippen molar-refractivity contribution < 1.29 is 24.0 Å². The first-order chi connectivity index (χ1) is 8.56. The molecule has 2 rings (SSSR count). The Hall–Kier alpha value is -2.63. The van der Waals surface area contributed by atoms with Gasteiger partial charge in [0.05, 0.1) is 0 Å². The number of esters is 1. The molecule has 0 bridgehead atoms. The molecule has 1 aromatic carbocycles. The molecule has 92 valence electrons. The Labute approximate surface area is 102 Å². The Morgan fingerprint density at radius 2 is 2.11 bits per heavy atom. The molecular weight excluding hydrogens is 238 g/mol. The highest BCUT2D eigenvalue weighted by atomic mass is 16.6.